The van der Waals surface area contributed by atoms with E-state index in [0.29, 0.717) is 16.6 Å². The van der Waals surface area contributed by atoms with E-state index in [2.05, 4.69) is 0 Å². The second kappa shape index (κ2) is 2.64. The lowest BCUT2D eigenvalue weighted by Crippen LogP contribution is -1.74. The zero-order valence-electron chi connectivity index (χ0n) is 4.50. The highest BCUT2D eigenvalue weighted by molar-refractivity contribution is 7.65. The van der Waals surface area contributed by atoms with Crippen molar-refractivity contribution in [3.63, 3.8) is 0 Å². The van der Waals surface area contributed by atoms with Crippen molar-refractivity contribution in [2.75, 3.05) is 0 Å². The molecule has 0 spiro atoms. The molecule has 1 aromatic carbocycles. The molecule has 1 nitrogen and oxygen atoms in total. The smallest absolute Gasteiger partial charge is 0.207 e. The van der Waals surface area contributed by atoms with E-state index in [-0.39, 0.29) is 5.82 Å². The summed E-state index contributed by atoms with van der Waals surface area (Å²) in [5, 5.41) is 0. The summed E-state index contributed by atoms with van der Waals surface area (Å²) < 4.78 is 22.2. The Kier molecular flexibility index (Phi) is 1.85. The molecule has 0 heterocycles. The summed E-state index contributed by atoms with van der Waals surface area (Å²) in [4.78, 5) is 0.412. The van der Waals surface area contributed by atoms with Crippen molar-refractivity contribution in [1.82, 2.24) is 0 Å². The average Bonchev–Trinajstić information content (AvgIpc) is 1.88. The summed E-state index contributed by atoms with van der Waals surface area (Å²) in [5.41, 5.74) is 0. The summed E-state index contributed by atoms with van der Waals surface area (Å²) in [5.74, 6) is -0.365. The third-order valence-electron chi connectivity index (χ3n) is 0.892. The van der Waals surface area contributed by atoms with Gasteiger partial charge in [0, 0.05) is 16.3 Å². The van der Waals surface area contributed by atoms with Crippen molar-refractivity contribution in [3.8, 4) is 0 Å². The number of rotatable bonds is 1. The van der Waals surface area contributed by atoms with E-state index < -0.39 is 0 Å². The molecule has 0 aliphatic carbocycles. The van der Waals surface area contributed by atoms with Crippen LogP contribution in [0.3, 0.4) is 0 Å². The van der Waals surface area contributed by atoms with Crippen LogP contribution in [-0.4, -0.2) is 0 Å². The lowest BCUT2D eigenvalue weighted by atomic mass is 10.4. The highest BCUT2D eigenvalue weighted by atomic mass is 32.1. The summed E-state index contributed by atoms with van der Waals surface area (Å²) in [6, 6.07) is 5.59. The Balaban J connectivity index is 3.07. The Hall–Kier alpha value is -0.830. The number of benzene rings is 1. The molecule has 0 aliphatic heterocycles. The Bertz CT molecular complexity index is 224. The molecule has 0 fully saturated rings. The molecule has 0 radical (unpaired) electrons. The predicted molar refractivity (Wildman–Crippen MR) is 32.7 cm³/mol. The normalized spacial score (nSPS) is 9.00. The maximum atomic E-state index is 12.2. The van der Waals surface area contributed by atoms with E-state index in [1.54, 1.807) is 6.07 Å². The van der Waals surface area contributed by atoms with E-state index >= 15 is 0 Å². The Morgan fingerprint density at radius 2 is 2.22 bits per heavy atom. The molecule has 0 amide bonds. The van der Waals surface area contributed by atoms with E-state index in [0.717, 1.165) is 0 Å². The molecule has 0 saturated carbocycles. The van der Waals surface area contributed by atoms with Crippen LogP contribution in [0.5, 0.6) is 0 Å². The standard InChI is InChI=1S/C6H4FOS/c7-5-2-1-3-6(4-5)9-8/h1-4H/q+1. The van der Waals surface area contributed by atoms with E-state index in [1.807, 2.05) is 0 Å². The first-order valence-corrected chi connectivity index (χ1v) is 3.12. The maximum Gasteiger partial charge on any atom is 0.505 e. The second-order valence-corrected chi connectivity index (χ2v) is 2.18. The van der Waals surface area contributed by atoms with Gasteiger partial charge in [-0.15, -0.1) is 0 Å². The number of hydrogen-bond acceptors (Lipinski definition) is 1. The molecule has 46 valence electrons. The van der Waals surface area contributed by atoms with Gasteiger partial charge < -0.3 is 0 Å². The van der Waals surface area contributed by atoms with Crippen molar-refractivity contribution in [1.29, 1.82) is 0 Å². The highest BCUT2D eigenvalue weighted by Gasteiger charge is 2.04. The summed E-state index contributed by atoms with van der Waals surface area (Å²) in [7, 11) is 0. The lowest BCUT2D eigenvalue weighted by Gasteiger charge is -1.78. The van der Waals surface area contributed by atoms with E-state index in [4.69, 9.17) is 0 Å². The van der Waals surface area contributed by atoms with Crippen LogP contribution in [0.4, 0.5) is 4.39 Å². The minimum atomic E-state index is -0.365. The fourth-order valence-corrected chi connectivity index (χ4v) is 0.814. The van der Waals surface area contributed by atoms with Gasteiger partial charge in [0.2, 0.25) is 0 Å². The summed E-state index contributed by atoms with van der Waals surface area (Å²) in [6.45, 7) is 0. The molecule has 1 aromatic rings. The average molecular weight is 143 g/mol. The number of halogens is 1. The fourth-order valence-electron chi connectivity index (χ4n) is 0.519. The van der Waals surface area contributed by atoms with Crippen LogP contribution in [0.2, 0.25) is 0 Å². The number of hydrogen-bond donors (Lipinski definition) is 0. The first-order valence-electron chi connectivity index (χ1n) is 2.38. The third-order valence-corrected chi connectivity index (χ3v) is 1.34. The fraction of sp³-hybridized carbons (Fsp3) is 0. The summed E-state index contributed by atoms with van der Waals surface area (Å²) in [6.07, 6.45) is 0. The van der Waals surface area contributed by atoms with Crippen molar-refractivity contribution in [2.45, 2.75) is 4.90 Å². The van der Waals surface area contributed by atoms with Crippen molar-refractivity contribution < 1.29 is 8.60 Å². The molecule has 0 unspecified atom stereocenters. The van der Waals surface area contributed by atoms with Gasteiger partial charge in [0.25, 0.3) is 4.90 Å². The molecule has 0 bridgehead atoms. The molecule has 3 heteroatoms. The van der Waals surface area contributed by atoms with Crippen LogP contribution < -0.4 is 0 Å². The molecule has 9 heavy (non-hydrogen) atoms. The van der Waals surface area contributed by atoms with Gasteiger partial charge in [-0.2, -0.15) is 0 Å². The summed E-state index contributed by atoms with van der Waals surface area (Å²) >= 11 is 0.293. The van der Waals surface area contributed by atoms with Gasteiger partial charge in [0.05, 0.1) is 0 Å². The zero-order chi connectivity index (χ0) is 6.69. The van der Waals surface area contributed by atoms with Crippen LogP contribution in [0.25, 0.3) is 0 Å². The van der Waals surface area contributed by atoms with Crippen molar-refractivity contribution in [3.05, 3.63) is 30.1 Å². The Morgan fingerprint density at radius 1 is 1.44 bits per heavy atom. The van der Waals surface area contributed by atoms with Gasteiger partial charge >= 0.3 is 11.7 Å². The molecule has 0 saturated heterocycles. The van der Waals surface area contributed by atoms with Gasteiger partial charge in [0.15, 0.2) is 0 Å². The van der Waals surface area contributed by atoms with Crippen LogP contribution >= 0.6 is 0 Å². The Morgan fingerprint density at radius 3 is 2.67 bits per heavy atom. The van der Waals surface area contributed by atoms with Crippen LogP contribution in [-0.2, 0) is 15.9 Å². The molecule has 0 N–H and O–H groups in total. The van der Waals surface area contributed by atoms with Crippen LogP contribution in [0.15, 0.2) is 29.2 Å². The SMILES string of the molecule is O=[S+]c1cccc(F)c1. The zero-order valence-corrected chi connectivity index (χ0v) is 5.32. The molecule has 1 rings (SSSR count). The topological polar surface area (TPSA) is 17.1 Å². The quantitative estimate of drug-likeness (QED) is 0.546. The minimum Gasteiger partial charge on any atom is -0.207 e. The molecular formula is C6H4FOS+. The molecule has 0 aliphatic rings. The minimum absolute atomic E-state index is 0.293. The van der Waals surface area contributed by atoms with Crippen molar-refractivity contribution >= 4 is 11.7 Å². The van der Waals surface area contributed by atoms with Gasteiger partial charge in [-0.3, -0.25) is 0 Å². The monoisotopic (exact) mass is 143 g/mol. The van der Waals surface area contributed by atoms with Gasteiger partial charge in [-0.1, -0.05) is 6.07 Å². The van der Waals surface area contributed by atoms with Gasteiger partial charge in [-0.25, -0.2) is 4.39 Å². The third kappa shape index (κ3) is 1.54. The first-order chi connectivity index (χ1) is 4.33. The Labute approximate surface area is 56.0 Å². The van der Waals surface area contributed by atoms with Crippen LogP contribution in [0.1, 0.15) is 0 Å². The van der Waals surface area contributed by atoms with Crippen molar-refractivity contribution in [2.24, 2.45) is 0 Å². The van der Waals surface area contributed by atoms with Crippen LogP contribution in [0, 0.1) is 5.82 Å². The largest absolute Gasteiger partial charge is 0.505 e. The lowest BCUT2D eigenvalue weighted by molar-refractivity contribution is 0.601. The maximum absolute atomic E-state index is 12.2. The van der Waals surface area contributed by atoms with Gasteiger partial charge in [-0.05, 0) is 6.07 Å². The highest BCUT2D eigenvalue weighted by Crippen LogP contribution is 2.01. The second-order valence-electron chi connectivity index (χ2n) is 1.54. The first kappa shape index (κ1) is 6.29. The molecule has 0 atom stereocenters. The predicted octanol–water partition coefficient (Wildman–Crippen LogP) is 1.61. The van der Waals surface area contributed by atoms with Gasteiger partial charge in [0.1, 0.15) is 5.82 Å². The molecular weight excluding hydrogens is 139 g/mol. The van der Waals surface area contributed by atoms with E-state index in [9.17, 15) is 8.60 Å². The van der Waals surface area contributed by atoms with E-state index in [1.165, 1.54) is 18.2 Å². The molecule has 0 aromatic heterocycles.